The molecule has 1 amide bonds. The van der Waals surface area contributed by atoms with Gasteiger partial charge in [0.05, 0.1) is 11.9 Å². The highest BCUT2D eigenvalue weighted by atomic mass is 35.5. The highest BCUT2D eigenvalue weighted by Crippen LogP contribution is 2.22. The van der Waals surface area contributed by atoms with Crippen molar-refractivity contribution in [2.45, 2.75) is 25.8 Å². The van der Waals surface area contributed by atoms with Crippen molar-refractivity contribution in [3.05, 3.63) is 89.2 Å². The fourth-order valence-corrected chi connectivity index (χ4v) is 3.42. The summed E-state index contributed by atoms with van der Waals surface area (Å²) in [6.07, 6.45) is 5.03. The van der Waals surface area contributed by atoms with E-state index < -0.39 is 0 Å². The monoisotopic (exact) mass is 404 g/mol. The first-order valence-electron chi connectivity index (χ1n) is 9.55. The first-order chi connectivity index (χ1) is 14.1. The average molecular weight is 405 g/mol. The molecule has 0 spiro atoms. The standard InChI is InChI=1S/C23H21ClN4O/c1-16(7-8-17-5-3-2-4-6-17)27-23(29)20-15-26-28-21(13-14-25-22(20)28)18-9-11-19(24)12-10-18/h2-6,9-16H,7-8H2,1H3,(H,27,29)/t16-/m0/s1. The van der Waals surface area contributed by atoms with Gasteiger partial charge in [-0.1, -0.05) is 54.1 Å². The lowest BCUT2D eigenvalue weighted by Gasteiger charge is -2.13. The van der Waals surface area contributed by atoms with E-state index in [9.17, 15) is 4.79 Å². The summed E-state index contributed by atoms with van der Waals surface area (Å²) in [5.41, 5.74) is 4.06. The van der Waals surface area contributed by atoms with Crippen molar-refractivity contribution in [3.63, 3.8) is 0 Å². The van der Waals surface area contributed by atoms with E-state index in [-0.39, 0.29) is 11.9 Å². The summed E-state index contributed by atoms with van der Waals surface area (Å²) in [5, 5.41) is 8.13. The van der Waals surface area contributed by atoms with Gasteiger partial charge in [-0.2, -0.15) is 5.10 Å². The third kappa shape index (κ3) is 4.30. The van der Waals surface area contributed by atoms with Gasteiger partial charge in [0.15, 0.2) is 5.65 Å². The van der Waals surface area contributed by atoms with Gasteiger partial charge in [-0.05, 0) is 43.5 Å². The van der Waals surface area contributed by atoms with Crippen LogP contribution in [0.1, 0.15) is 29.3 Å². The summed E-state index contributed by atoms with van der Waals surface area (Å²) in [6, 6.07) is 19.7. The molecule has 5 nitrogen and oxygen atoms in total. The molecule has 0 unspecified atom stereocenters. The van der Waals surface area contributed by atoms with E-state index in [0.717, 1.165) is 24.1 Å². The minimum absolute atomic E-state index is 0.0390. The number of carbonyl (C=O) groups is 1. The van der Waals surface area contributed by atoms with Crippen LogP contribution in [0.3, 0.4) is 0 Å². The number of aryl methyl sites for hydroxylation is 1. The highest BCUT2D eigenvalue weighted by Gasteiger charge is 2.17. The van der Waals surface area contributed by atoms with Gasteiger partial charge in [-0.25, -0.2) is 9.50 Å². The Morgan fingerprint density at radius 3 is 2.62 bits per heavy atom. The van der Waals surface area contributed by atoms with Crippen LogP contribution in [0.15, 0.2) is 73.1 Å². The second-order valence-corrected chi connectivity index (χ2v) is 7.47. The molecular weight excluding hydrogens is 384 g/mol. The van der Waals surface area contributed by atoms with Gasteiger partial charge < -0.3 is 5.32 Å². The molecule has 6 heteroatoms. The van der Waals surface area contributed by atoms with Gasteiger partial charge in [0.1, 0.15) is 5.56 Å². The molecule has 29 heavy (non-hydrogen) atoms. The molecular formula is C23H21ClN4O. The number of fused-ring (bicyclic) bond motifs is 1. The van der Waals surface area contributed by atoms with E-state index in [1.165, 1.54) is 5.56 Å². The Labute approximate surface area is 174 Å². The van der Waals surface area contributed by atoms with Crippen LogP contribution < -0.4 is 5.32 Å². The number of nitrogens with one attached hydrogen (secondary N) is 1. The number of amides is 1. The van der Waals surface area contributed by atoms with E-state index in [2.05, 4.69) is 27.5 Å². The summed E-state index contributed by atoms with van der Waals surface area (Å²) in [7, 11) is 0. The molecule has 2 aromatic heterocycles. The van der Waals surface area contributed by atoms with E-state index in [0.29, 0.717) is 16.2 Å². The predicted molar refractivity (Wildman–Crippen MR) is 115 cm³/mol. The molecule has 0 aliphatic rings. The quantitative estimate of drug-likeness (QED) is 0.502. The lowest BCUT2D eigenvalue weighted by atomic mass is 10.1. The molecule has 0 bridgehead atoms. The topological polar surface area (TPSA) is 59.3 Å². The smallest absolute Gasteiger partial charge is 0.256 e. The summed E-state index contributed by atoms with van der Waals surface area (Å²) in [4.78, 5) is 17.2. The number of benzene rings is 2. The molecule has 1 N–H and O–H groups in total. The maximum atomic E-state index is 12.8. The third-order valence-corrected chi connectivity index (χ3v) is 5.12. The fourth-order valence-electron chi connectivity index (χ4n) is 3.29. The summed E-state index contributed by atoms with van der Waals surface area (Å²) in [5.74, 6) is -0.165. The van der Waals surface area contributed by atoms with Crippen LogP contribution in [0, 0.1) is 0 Å². The SMILES string of the molecule is C[C@@H](CCc1ccccc1)NC(=O)c1cnn2c(-c3ccc(Cl)cc3)ccnc12. The number of halogens is 1. The molecule has 4 aromatic rings. The molecule has 2 heterocycles. The normalized spacial score (nSPS) is 12.1. The largest absolute Gasteiger partial charge is 0.349 e. The van der Waals surface area contributed by atoms with Crippen molar-refractivity contribution >= 4 is 23.2 Å². The van der Waals surface area contributed by atoms with E-state index in [1.54, 1.807) is 16.9 Å². The van der Waals surface area contributed by atoms with E-state index >= 15 is 0 Å². The first-order valence-corrected chi connectivity index (χ1v) is 9.93. The Bertz CT molecular complexity index is 1120. The number of carbonyl (C=O) groups excluding carboxylic acids is 1. The van der Waals surface area contributed by atoms with Crippen molar-refractivity contribution in [1.82, 2.24) is 19.9 Å². The van der Waals surface area contributed by atoms with Crippen molar-refractivity contribution in [3.8, 4) is 11.3 Å². The molecule has 0 aliphatic heterocycles. The molecule has 0 radical (unpaired) electrons. The molecule has 146 valence electrons. The van der Waals surface area contributed by atoms with E-state index in [4.69, 9.17) is 11.6 Å². The second kappa shape index (κ2) is 8.45. The van der Waals surface area contributed by atoms with Gasteiger partial charge in [0.25, 0.3) is 5.91 Å². The van der Waals surface area contributed by atoms with Crippen LogP contribution in [0.25, 0.3) is 16.9 Å². The molecule has 0 fully saturated rings. The zero-order chi connectivity index (χ0) is 20.2. The Hall–Kier alpha value is -3.18. The van der Waals surface area contributed by atoms with Crippen LogP contribution in [0.2, 0.25) is 5.02 Å². The van der Waals surface area contributed by atoms with Crippen LogP contribution in [-0.2, 0) is 6.42 Å². The number of hydrogen-bond acceptors (Lipinski definition) is 3. The minimum Gasteiger partial charge on any atom is -0.349 e. The zero-order valence-corrected chi connectivity index (χ0v) is 16.8. The Kier molecular flexibility index (Phi) is 5.58. The van der Waals surface area contributed by atoms with Gasteiger partial charge in [-0.15, -0.1) is 0 Å². The second-order valence-electron chi connectivity index (χ2n) is 7.03. The molecule has 4 rings (SSSR count). The van der Waals surface area contributed by atoms with Crippen molar-refractivity contribution < 1.29 is 4.79 Å². The Morgan fingerprint density at radius 1 is 1.10 bits per heavy atom. The Morgan fingerprint density at radius 2 is 1.86 bits per heavy atom. The summed E-state index contributed by atoms with van der Waals surface area (Å²) < 4.78 is 1.69. The molecule has 0 aliphatic carbocycles. The van der Waals surface area contributed by atoms with Gasteiger partial charge >= 0.3 is 0 Å². The van der Waals surface area contributed by atoms with E-state index in [1.807, 2.05) is 55.5 Å². The maximum Gasteiger partial charge on any atom is 0.256 e. The number of aromatic nitrogens is 3. The lowest BCUT2D eigenvalue weighted by molar-refractivity contribution is 0.0940. The number of hydrogen-bond donors (Lipinski definition) is 1. The third-order valence-electron chi connectivity index (χ3n) is 4.87. The Balaban J connectivity index is 1.51. The maximum absolute atomic E-state index is 12.8. The minimum atomic E-state index is -0.165. The summed E-state index contributed by atoms with van der Waals surface area (Å²) in [6.45, 7) is 2.01. The van der Waals surface area contributed by atoms with Crippen molar-refractivity contribution in [2.24, 2.45) is 0 Å². The zero-order valence-electron chi connectivity index (χ0n) is 16.0. The van der Waals surface area contributed by atoms with Crippen molar-refractivity contribution in [1.29, 1.82) is 0 Å². The molecule has 0 saturated heterocycles. The first kappa shape index (κ1) is 19.2. The average Bonchev–Trinajstić information content (AvgIpc) is 3.18. The molecule has 2 aromatic carbocycles. The van der Waals surface area contributed by atoms with Crippen LogP contribution in [0.5, 0.6) is 0 Å². The lowest BCUT2D eigenvalue weighted by Crippen LogP contribution is -2.32. The highest BCUT2D eigenvalue weighted by molar-refractivity contribution is 6.30. The van der Waals surface area contributed by atoms with Gasteiger partial charge in [0.2, 0.25) is 0 Å². The molecule has 1 atom stereocenters. The predicted octanol–water partition coefficient (Wildman–Crippen LogP) is 4.80. The number of nitrogens with zero attached hydrogens (tertiary/aromatic N) is 3. The van der Waals surface area contributed by atoms with Crippen LogP contribution in [0.4, 0.5) is 0 Å². The van der Waals surface area contributed by atoms with Crippen LogP contribution in [-0.4, -0.2) is 26.5 Å². The van der Waals surface area contributed by atoms with Gasteiger partial charge in [-0.3, -0.25) is 4.79 Å². The molecule has 0 saturated carbocycles. The number of rotatable bonds is 6. The van der Waals surface area contributed by atoms with Gasteiger partial charge in [0, 0.05) is 22.8 Å². The van der Waals surface area contributed by atoms with Crippen LogP contribution >= 0.6 is 11.6 Å². The summed E-state index contributed by atoms with van der Waals surface area (Å²) >= 11 is 5.99. The van der Waals surface area contributed by atoms with Crippen molar-refractivity contribution in [2.75, 3.05) is 0 Å². The fraction of sp³-hybridized carbons (Fsp3) is 0.174.